The van der Waals surface area contributed by atoms with E-state index in [0.29, 0.717) is 13.0 Å². The van der Waals surface area contributed by atoms with Gasteiger partial charge in [-0.1, -0.05) is 12.1 Å². The molecule has 6 heteroatoms. The quantitative estimate of drug-likeness (QED) is 0.717. The molecule has 19 heavy (non-hydrogen) atoms. The van der Waals surface area contributed by atoms with Crippen LogP contribution in [0.5, 0.6) is 5.75 Å². The smallest absolute Gasteiger partial charge is 0.325 e. The summed E-state index contributed by atoms with van der Waals surface area (Å²) >= 11 is 0. The molecule has 1 aromatic carbocycles. The number of aliphatic carboxylic acids is 1. The molecule has 0 unspecified atom stereocenters. The van der Waals surface area contributed by atoms with Gasteiger partial charge in [0.2, 0.25) is 0 Å². The Kier molecular flexibility index (Phi) is 5.66. The highest BCUT2D eigenvalue weighted by Gasteiger charge is 2.12. The molecule has 0 heterocycles. The van der Waals surface area contributed by atoms with Crippen LogP contribution in [0.2, 0.25) is 0 Å². The molecule has 0 bridgehead atoms. The minimum atomic E-state index is -1.07. The lowest BCUT2D eigenvalue weighted by molar-refractivity contribution is -0.138. The molecule has 0 fully saturated rings. The standard InChI is InChI=1S/C13H18N2O4/c1-9(12(16)17)15-13(18)14-7-6-10-4-3-5-11(8-10)19-2/h3-5,8-9H,6-7H2,1-2H3,(H,16,17)(H2,14,15,18)/t9-/m1/s1. The lowest BCUT2D eigenvalue weighted by Crippen LogP contribution is -2.44. The van der Waals surface area contributed by atoms with Gasteiger partial charge < -0.3 is 20.5 Å². The number of rotatable bonds is 6. The van der Waals surface area contributed by atoms with Crippen LogP contribution < -0.4 is 15.4 Å². The predicted molar refractivity (Wildman–Crippen MR) is 70.3 cm³/mol. The zero-order chi connectivity index (χ0) is 14.3. The predicted octanol–water partition coefficient (Wildman–Crippen LogP) is 1.01. The summed E-state index contributed by atoms with van der Waals surface area (Å²) in [4.78, 5) is 21.9. The number of carbonyl (C=O) groups excluding carboxylic acids is 1. The second-order valence-electron chi connectivity index (χ2n) is 4.06. The maximum Gasteiger partial charge on any atom is 0.325 e. The van der Waals surface area contributed by atoms with E-state index in [4.69, 9.17) is 9.84 Å². The van der Waals surface area contributed by atoms with Crippen LogP contribution >= 0.6 is 0 Å². The Bertz CT molecular complexity index is 448. The molecule has 2 amide bonds. The van der Waals surface area contributed by atoms with E-state index in [0.717, 1.165) is 11.3 Å². The number of methoxy groups -OCH3 is 1. The monoisotopic (exact) mass is 266 g/mol. The summed E-state index contributed by atoms with van der Waals surface area (Å²) in [6.07, 6.45) is 0.645. The highest BCUT2D eigenvalue weighted by Crippen LogP contribution is 2.12. The van der Waals surface area contributed by atoms with Gasteiger partial charge in [-0.2, -0.15) is 0 Å². The summed E-state index contributed by atoms with van der Waals surface area (Å²) in [6.45, 7) is 1.83. The molecule has 1 atom stereocenters. The summed E-state index contributed by atoms with van der Waals surface area (Å²) in [5.41, 5.74) is 1.03. The van der Waals surface area contributed by atoms with Crippen molar-refractivity contribution in [1.82, 2.24) is 10.6 Å². The van der Waals surface area contributed by atoms with Crippen molar-refractivity contribution in [1.29, 1.82) is 0 Å². The molecule has 0 spiro atoms. The van der Waals surface area contributed by atoms with Crippen molar-refractivity contribution < 1.29 is 19.4 Å². The van der Waals surface area contributed by atoms with Crippen LogP contribution in [-0.2, 0) is 11.2 Å². The zero-order valence-electron chi connectivity index (χ0n) is 11.0. The van der Waals surface area contributed by atoms with E-state index in [-0.39, 0.29) is 0 Å². The summed E-state index contributed by atoms with van der Waals surface area (Å²) in [5.74, 6) is -0.301. The van der Waals surface area contributed by atoms with Crippen LogP contribution in [0.3, 0.4) is 0 Å². The largest absolute Gasteiger partial charge is 0.497 e. The van der Waals surface area contributed by atoms with E-state index in [2.05, 4.69) is 10.6 Å². The van der Waals surface area contributed by atoms with E-state index in [1.807, 2.05) is 24.3 Å². The van der Waals surface area contributed by atoms with Gasteiger partial charge in [0.1, 0.15) is 11.8 Å². The van der Waals surface area contributed by atoms with Gasteiger partial charge in [0.05, 0.1) is 7.11 Å². The SMILES string of the molecule is COc1cccc(CCNC(=O)N[C@H](C)C(=O)O)c1. The van der Waals surface area contributed by atoms with Crippen LogP contribution in [0.1, 0.15) is 12.5 Å². The molecule has 3 N–H and O–H groups in total. The number of hydrogen-bond acceptors (Lipinski definition) is 3. The van der Waals surface area contributed by atoms with Gasteiger partial charge in [0.25, 0.3) is 0 Å². The molecule has 1 aromatic rings. The molecule has 0 saturated heterocycles. The molecule has 0 aliphatic carbocycles. The van der Waals surface area contributed by atoms with Crippen molar-refractivity contribution >= 4 is 12.0 Å². The molecule has 0 aromatic heterocycles. The van der Waals surface area contributed by atoms with Crippen molar-refractivity contribution in [3.63, 3.8) is 0 Å². The lowest BCUT2D eigenvalue weighted by atomic mass is 10.1. The molecule has 1 rings (SSSR count). The molecule has 0 saturated carbocycles. The Labute approximate surface area is 111 Å². The molecule has 0 radical (unpaired) electrons. The first-order valence-electron chi connectivity index (χ1n) is 5.93. The van der Waals surface area contributed by atoms with Gasteiger partial charge in [0, 0.05) is 6.54 Å². The first-order valence-corrected chi connectivity index (χ1v) is 5.93. The zero-order valence-corrected chi connectivity index (χ0v) is 11.0. The topological polar surface area (TPSA) is 87.7 Å². The molecular weight excluding hydrogens is 248 g/mol. The van der Waals surface area contributed by atoms with Gasteiger partial charge in [-0.05, 0) is 31.0 Å². The van der Waals surface area contributed by atoms with Crippen molar-refractivity contribution in [2.45, 2.75) is 19.4 Å². The fourth-order valence-corrected chi connectivity index (χ4v) is 1.46. The summed E-state index contributed by atoms with van der Waals surface area (Å²) < 4.78 is 5.10. The Balaban J connectivity index is 2.33. The van der Waals surface area contributed by atoms with E-state index in [1.54, 1.807) is 7.11 Å². The minimum Gasteiger partial charge on any atom is -0.497 e. The van der Waals surface area contributed by atoms with Crippen molar-refractivity contribution in [2.75, 3.05) is 13.7 Å². The fraction of sp³-hybridized carbons (Fsp3) is 0.385. The Morgan fingerprint density at radius 2 is 2.16 bits per heavy atom. The van der Waals surface area contributed by atoms with Crippen LogP contribution in [0.15, 0.2) is 24.3 Å². The lowest BCUT2D eigenvalue weighted by Gasteiger charge is -2.10. The second-order valence-corrected chi connectivity index (χ2v) is 4.06. The number of nitrogens with one attached hydrogen (secondary N) is 2. The highest BCUT2D eigenvalue weighted by molar-refractivity contribution is 5.82. The van der Waals surface area contributed by atoms with Crippen molar-refractivity contribution in [3.8, 4) is 5.75 Å². The Hall–Kier alpha value is -2.24. The van der Waals surface area contributed by atoms with E-state index in [9.17, 15) is 9.59 Å². The van der Waals surface area contributed by atoms with Gasteiger partial charge in [0.15, 0.2) is 0 Å². The molecule has 0 aliphatic heterocycles. The first kappa shape index (κ1) is 14.8. The molecular formula is C13H18N2O4. The van der Waals surface area contributed by atoms with Crippen LogP contribution in [-0.4, -0.2) is 36.8 Å². The number of benzene rings is 1. The van der Waals surface area contributed by atoms with Crippen LogP contribution in [0.4, 0.5) is 4.79 Å². The van der Waals surface area contributed by atoms with E-state index < -0.39 is 18.0 Å². The third-order valence-corrected chi connectivity index (χ3v) is 2.55. The van der Waals surface area contributed by atoms with Gasteiger partial charge in [-0.15, -0.1) is 0 Å². The van der Waals surface area contributed by atoms with E-state index >= 15 is 0 Å². The average molecular weight is 266 g/mol. The molecule has 104 valence electrons. The van der Waals surface area contributed by atoms with Gasteiger partial charge in [-0.3, -0.25) is 4.79 Å². The Morgan fingerprint density at radius 3 is 2.79 bits per heavy atom. The second kappa shape index (κ2) is 7.25. The average Bonchev–Trinajstić information content (AvgIpc) is 2.38. The maximum atomic E-state index is 11.4. The summed E-state index contributed by atoms with van der Waals surface area (Å²) in [5, 5.41) is 13.5. The number of urea groups is 1. The number of carboxylic acids is 1. The number of amides is 2. The Morgan fingerprint density at radius 1 is 1.42 bits per heavy atom. The van der Waals surface area contributed by atoms with Crippen LogP contribution in [0, 0.1) is 0 Å². The number of carbonyl (C=O) groups is 2. The minimum absolute atomic E-state index is 0.422. The van der Waals surface area contributed by atoms with Gasteiger partial charge >= 0.3 is 12.0 Å². The van der Waals surface area contributed by atoms with Crippen molar-refractivity contribution in [2.24, 2.45) is 0 Å². The summed E-state index contributed by atoms with van der Waals surface area (Å²) in [7, 11) is 1.60. The molecule has 6 nitrogen and oxygen atoms in total. The fourth-order valence-electron chi connectivity index (χ4n) is 1.46. The number of hydrogen-bond donors (Lipinski definition) is 3. The van der Waals surface area contributed by atoms with E-state index in [1.165, 1.54) is 6.92 Å². The number of carboxylic acid groups (broad SMARTS) is 1. The third kappa shape index (κ3) is 5.29. The molecule has 0 aliphatic rings. The van der Waals surface area contributed by atoms with Gasteiger partial charge in [-0.25, -0.2) is 4.79 Å². The van der Waals surface area contributed by atoms with Crippen LogP contribution in [0.25, 0.3) is 0 Å². The highest BCUT2D eigenvalue weighted by atomic mass is 16.5. The third-order valence-electron chi connectivity index (χ3n) is 2.55. The number of ether oxygens (including phenoxy) is 1. The summed E-state index contributed by atoms with van der Waals surface area (Å²) in [6, 6.07) is 6.15. The normalized spacial score (nSPS) is 11.5. The van der Waals surface area contributed by atoms with Crippen molar-refractivity contribution in [3.05, 3.63) is 29.8 Å². The first-order chi connectivity index (χ1) is 9.02. The maximum absolute atomic E-state index is 11.4.